The second kappa shape index (κ2) is 13.1. The van der Waals surface area contributed by atoms with E-state index in [1.54, 1.807) is 0 Å². The molecule has 0 saturated carbocycles. The van der Waals surface area contributed by atoms with Crippen LogP contribution >= 0.6 is 0 Å². The fourth-order valence-corrected chi connectivity index (χ4v) is 4.45. The maximum atomic E-state index is 13.0. The van der Waals surface area contributed by atoms with Gasteiger partial charge in [-0.25, -0.2) is 0 Å². The quantitative estimate of drug-likeness (QED) is 0.140. The van der Waals surface area contributed by atoms with Gasteiger partial charge in [0.2, 0.25) is 11.2 Å². The van der Waals surface area contributed by atoms with Crippen molar-refractivity contribution in [3.8, 4) is 40.1 Å². The molecule has 0 bridgehead atoms. The van der Waals surface area contributed by atoms with E-state index in [2.05, 4.69) is 0 Å². The molecule has 8 nitrogen and oxygen atoms in total. The summed E-state index contributed by atoms with van der Waals surface area (Å²) in [6.45, 7) is 0.274. The number of unbranched alkanes of at least 4 members (excludes halogenated alkanes) is 9. The van der Waals surface area contributed by atoms with Crippen molar-refractivity contribution in [2.75, 3.05) is 13.7 Å². The molecule has 1 aromatic heterocycles. The summed E-state index contributed by atoms with van der Waals surface area (Å²) in [5, 5.41) is 49.4. The molecule has 0 aliphatic carbocycles. The highest BCUT2D eigenvalue weighted by molar-refractivity contribution is 5.90. The van der Waals surface area contributed by atoms with Crippen LogP contribution < -0.4 is 10.2 Å². The van der Waals surface area contributed by atoms with Gasteiger partial charge in [-0.3, -0.25) is 4.79 Å². The van der Waals surface area contributed by atoms with Gasteiger partial charge in [0.15, 0.2) is 17.3 Å². The molecule has 0 fully saturated rings. The molecule has 36 heavy (non-hydrogen) atoms. The Labute approximate surface area is 210 Å². The van der Waals surface area contributed by atoms with Crippen molar-refractivity contribution in [1.29, 1.82) is 0 Å². The monoisotopic (exact) mass is 500 g/mol. The van der Waals surface area contributed by atoms with Gasteiger partial charge >= 0.3 is 0 Å². The van der Waals surface area contributed by atoms with Crippen molar-refractivity contribution in [3.63, 3.8) is 0 Å². The van der Waals surface area contributed by atoms with Crippen molar-refractivity contribution < 1.29 is 34.7 Å². The van der Waals surface area contributed by atoms with Crippen LogP contribution in [0.2, 0.25) is 0 Å². The zero-order valence-electron chi connectivity index (χ0n) is 20.8. The van der Waals surface area contributed by atoms with Crippen LogP contribution in [0, 0.1) is 0 Å². The number of fused-ring (bicyclic) bond motifs is 1. The van der Waals surface area contributed by atoms with Crippen LogP contribution in [0.4, 0.5) is 0 Å². The van der Waals surface area contributed by atoms with Crippen molar-refractivity contribution >= 4 is 11.0 Å². The molecule has 3 aromatic rings. The summed E-state index contributed by atoms with van der Waals surface area (Å²) in [5.41, 5.74) is -0.0678. The molecule has 0 unspecified atom stereocenters. The lowest BCUT2D eigenvalue weighted by molar-refractivity contribution is 0.282. The first kappa shape index (κ1) is 27.2. The minimum Gasteiger partial charge on any atom is -0.507 e. The Morgan fingerprint density at radius 2 is 1.39 bits per heavy atom. The fraction of sp³-hybridized carbons (Fsp3) is 0.464. The van der Waals surface area contributed by atoms with Gasteiger partial charge in [0, 0.05) is 23.8 Å². The maximum absolute atomic E-state index is 13.0. The van der Waals surface area contributed by atoms with Gasteiger partial charge in [0.05, 0.1) is 7.11 Å². The minimum atomic E-state index is -0.792. The Bertz CT molecular complexity index is 1210. The van der Waals surface area contributed by atoms with E-state index in [1.165, 1.54) is 57.1 Å². The first-order valence-corrected chi connectivity index (χ1v) is 12.6. The second-order valence-corrected chi connectivity index (χ2v) is 9.10. The van der Waals surface area contributed by atoms with Crippen LogP contribution in [-0.2, 0) is 6.42 Å². The molecule has 0 aliphatic heterocycles. The van der Waals surface area contributed by atoms with Crippen molar-refractivity contribution in [2.24, 2.45) is 0 Å². The molecule has 1 heterocycles. The van der Waals surface area contributed by atoms with E-state index in [4.69, 9.17) is 14.3 Å². The van der Waals surface area contributed by atoms with E-state index in [0.29, 0.717) is 17.7 Å². The number of aliphatic hydroxyl groups is 1. The molecule has 3 rings (SSSR count). The molecular formula is C28H36O8. The normalized spacial score (nSPS) is 11.3. The molecule has 0 saturated heterocycles. The molecule has 0 amide bonds. The first-order valence-electron chi connectivity index (χ1n) is 12.6. The fourth-order valence-electron chi connectivity index (χ4n) is 4.45. The molecule has 5 N–H and O–H groups in total. The topological polar surface area (TPSA) is 141 Å². The number of benzene rings is 2. The number of aliphatic hydroxyl groups excluding tert-OH is 1. The summed E-state index contributed by atoms with van der Waals surface area (Å²) < 4.78 is 11.2. The minimum absolute atomic E-state index is 0.0393. The van der Waals surface area contributed by atoms with E-state index < -0.39 is 16.9 Å². The number of hydrogen-bond donors (Lipinski definition) is 5. The Hall–Kier alpha value is -3.39. The summed E-state index contributed by atoms with van der Waals surface area (Å²) in [6, 6.07) is 5.30. The number of methoxy groups -OCH3 is 1. The number of phenolic OH excluding ortho intramolecular Hbond substituents is 3. The van der Waals surface area contributed by atoms with Gasteiger partial charge in [-0.1, -0.05) is 51.4 Å². The van der Waals surface area contributed by atoms with Crippen LogP contribution in [0.5, 0.6) is 28.7 Å². The van der Waals surface area contributed by atoms with Gasteiger partial charge in [-0.2, -0.15) is 0 Å². The average molecular weight is 501 g/mol. The molecule has 8 heteroatoms. The molecule has 0 spiro atoms. The largest absolute Gasteiger partial charge is 0.507 e. The molecule has 0 radical (unpaired) electrons. The van der Waals surface area contributed by atoms with E-state index >= 15 is 0 Å². The highest BCUT2D eigenvalue weighted by Crippen LogP contribution is 2.40. The number of aromatic hydroxyl groups is 4. The lowest BCUT2D eigenvalue weighted by atomic mass is 10.00. The standard InChI is InChI=1S/C28H36O8/c1-35-22-17-23-24(26(33)27(34)28(36-23)18-13-14-20(30)21(31)16-18)25(32)19(22)12-10-8-6-4-2-3-5-7-9-11-15-29/h13-14,16-17,29-32,34H,2-12,15H2,1H3. The van der Waals surface area contributed by atoms with Crippen LogP contribution in [-0.4, -0.2) is 39.2 Å². The molecular weight excluding hydrogens is 464 g/mol. The van der Waals surface area contributed by atoms with E-state index in [-0.39, 0.29) is 40.4 Å². The van der Waals surface area contributed by atoms with Crippen LogP contribution in [0.3, 0.4) is 0 Å². The summed E-state index contributed by atoms with van der Waals surface area (Å²) in [5.74, 6) is -1.54. The summed E-state index contributed by atoms with van der Waals surface area (Å²) in [6.07, 6.45) is 11.3. The SMILES string of the molecule is COc1cc2oc(-c3ccc(O)c(O)c3)c(O)c(=O)c2c(O)c1CCCCCCCCCCCCO. The molecule has 0 atom stereocenters. The Morgan fingerprint density at radius 1 is 0.778 bits per heavy atom. The molecule has 196 valence electrons. The average Bonchev–Trinajstić information content (AvgIpc) is 2.87. The highest BCUT2D eigenvalue weighted by Gasteiger charge is 2.23. The third-order valence-electron chi connectivity index (χ3n) is 6.49. The Balaban J connectivity index is 1.70. The lowest BCUT2D eigenvalue weighted by Gasteiger charge is -2.14. The van der Waals surface area contributed by atoms with Crippen molar-refractivity contribution in [3.05, 3.63) is 40.1 Å². The number of rotatable bonds is 14. The molecule has 2 aromatic carbocycles. The number of ether oxygens (including phenoxy) is 1. The van der Waals surface area contributed by atoms with E-state index in [9.17, 15) is 25.2 Å². The third kappa shape index (κ3) is 6.43. The van der Waals surface area contributed by atoms with Gasteiger partial charge in [-0.05, 0) is 37.5 Å². The van der Waals surface area contributed by atoms with Gasteiger partial charge in [0.25, 0.3) is 0 Å². The second-order valence-electron chi connectivity index (χ2n) is 9.10. The Morgan fingerprint density at radius 3 is 1.97 bits per heavy atom. The van der Waals surface area contributed by atoms with Crippen LogP contribution in [0.15, 0.2) is 33.5 Å². The summed E-state index contributed by atoms with van der Waals surface area (Å²) in [4.78, 5) is 13.0. The van der Waals surface area contributed by atoms with Crippen molar-refractivity contribution in [2.45, 2.75) is 70.6 Å². The zero-order chi connectivity index (χ0) is 26.1. The first-order chi connectivity index (χ1) is 17.4. The number of hydrogen-bond acceptors (Lipinski definition) is 8. The summed E-state index contributed by atoms with van der Waals surface area (Å²) >= 11 is 0. The predicted octanol–water partition coefficient (Wildman–Crippen LogP) is 5.73. The van der Waals surface area contributed by atoms with Gasteiger partial charge < -0.3 is 34.7 Å². The lowest BCUT2D eigenvalue weighted by Crippen LogP contribution is -2.05. The molecule has 0 aliphatic rings. The summed E-state index contributed by atoms with van der Waals surface area (Å²) in [7, 11) is 1.47. The van der Waals surface area contributed by atoms with Crippen LogP contribution in [0.1, 0.15) is 69.8 Å². The van der Waals surface area contributed by atoms with Crippen molar-refractivity contribution in [1.82, 2.24) is 0 Å². The Kier molecular flexibility index (Phi) is 9.87. The highest BCUT2D eigenvalue weighted by atomic mass is 16.5. The smallest absolute Gasteiger partial charge is 0.238 e. The van der Waals surface area contributed by atoms with Crippen LogP contribution in [0.25, 0.3) is 22.3 Å². The van der Waals surface area contributed by atoms with E-state index in [1.807, 2.05) is 0 Å². The third-order valence-corrected chi connectivity index (χ3v) is 6.49. The van der Waals surface area contributed by atoms with E-state index in [0.717, 1.165) is 38.5 Å². The van der Waals surface area contributed by atoms with Gasteiger partial charge in [0.1, 0.15) is 22.5 Å². The predicted molar refractivity (Wildman–Crippen MR) is 138 cm³/mol. The maximum Gasteiger partial charge on any atom is 0.238 e. The zero-order valence-corrected chi connectivity index (χ0v) is 20.8. The number of phenols is 3. The van der Waals surface area contributed by atoms with Gasteiger partial charge in [-0.15, -0.1) is 0 Å².